The van der Waals surface area contributed by atoms with E-state index in [1.807, 2.05) is 6.07 Å². The van der Waals surface area contributed by atoms with Gasteiger partial charge in [0.05, 0.1) is 11.1 Å². The summed E-state index contributed by atoms with van der Waals surface area (Å²) in [6.07, 6.45) is 0.275. The van der Waals surface area contributed by atoms with E-state index in [4.69, 9.17) is 0 Å². The molecule has 0 radical (unpaired) electrons. The van der Waals surface area contributed by atoms with Crippen LogP contribution in [0.2, 0.25) is 0 Å². The zero-order valence-electron chi connectivity index (χ0n) is 14.4. The lowest BCUT2D eigenvalue weighted by Gasteiger charge is -2.40. The largest absolute Gasteiger partial charge is 0.313 e. The zero-order valence-corrected chi connectivity index (χ0v) is 14.4. The number of amides is 4. The molecule has 4 rings (SSSR count). The Morgan fingerprint density at radius 3 is 2.62 bits per heavy atom. The Balaban J connectivity index is 1.61. The van der Waals surface area contributed by atoms with Gasteiger partial charge < -0.3 is 10.6 Å². The summed E-state index contributed by atoms with van der Waals surface area (Å²) in [5.41, 5.74) is 1.38. The molecule has 0 aliphatic carbocycles. The van der Waals surface area contributed by atoms with Crippen molar-refractivity contribution in [1.29, 1.82) is 0 Å². The summed E-state index contributed by atoms with van der Waals surface area (Å²) in [7, 11) is 0. The summed E-state index contributed by atoms with van der Waals surface area (Å²) in [6, 6.07) is 4.24. The maximum atomic E-state index is 13.0. The highest BCUT2D eigenvalue weighted by Crippen LogP contribution is 2.30. The lowest BCUT2D eigenvalue weighted by molar-refractivity contribution is -0.136. The topological polar surface area (TPSA) is 108 Å². The van der Waals surface area contributed by atoms with E-state index in [2.05, 4.69) is 22.9 Å². The van der Waals surface area contributed by atoms with Gasteiger partial charge in [-0.05, 0) is 25.0 Å². The molecule has 8 nitrogen and oxygen atoms in total. The highest BCUT2D eigenvalue weighted by atomic mass is 16.2. The molecule has 4 amide bonds. The molecule has 3 aliphatic rings. The molecule has 136 valence electrons. The number of fused-ring (bicyclic) bond motifs is 1. The quantitative estimate of drug-likeness (QED) is 0.630. The highest BCUT2D eigenvalue weighted by molar-refractivity contribution is 6.24. The van der Waals surface area contributed by atoms with Gasteiger partial charge in [0.2, 0.25) is 11.8 Å². The van der Waals surface area contributed by atoms with Crippen LogP contribution in [0.3, 0.4) is 0 Å². The van der Waals surface area contributed by atoms with Crippen molar-refractivity contribution in [2.24, 2.45) is 0 Å². The standard InChI is InChI=1S/C18H20N4O4/c1-18(8-19-9-18)20-7-10-3-2-4-11-14(10)17(26)22(16(11)25)12-5-6-13(23)21-15(12)24/h2-4,12,19-20H,5-9H2,1H3,(H,21,23,24). The first-order chi connectivity index (χ1) is 12.4. The fraction of sp³-hybridized carbons (Fsp3) is 0.444. The van der Waals surface area contributed by atoms with Gasteiger partial charge >= 0.3 is 0 Å². The average molecular weight is 356 g/mol. The number of rotatable bonds is 4. The predicted octanol–water partition coefficient (Wildman–Crippen LogP) is -0.461. The van der Waals surface area contributed by atoms with Crippen LogP contribution in [0.1, 0.15) is 46.0 Å². The van der Waals surface area contributed by atoms with Crippen molar-refractivity contribution in [2.75, 3.05) is 13.1 Å². The third-order valence-electron chi connectivity index (χ3n) is 5.29. The van der Waals surface area contributed by atoms with Crippen molar-refractivity contribution in [3.8, 4) is 0 Å². The number of piperidine rings is 1. The van der Waals surface area contributed by atoms with Gasteiger partial charge in [-0.15, -0.1) is 0 Å². The van der Waals surface area contributed by atoms with Crippen LogP contribution in [0.25, 0.3) is 0 Å². The third-order valence-corrected chi connectivity index (χ3v) is 5.29. The van der Waals surface area contributed by atoms with Gasteiger partial charge in [0.15, 0.2) is 0 Å². The Bertz CT molecular complexity index is 830. The van der Waals surface area contributed by atoms with Crippen molar-refractivity contribution < 1.29 is 19.2 Å². The number of hydrogen-bond acceptors (Lipinski definition) is 6. The molecule has 0 spiro atoms. The molecular formula is C18H20N4O4. The lowest BCUT2D eigenvalue weighted by Crippen LogP contribution is -2.65. The summed E-state index contributed by atoms with van der Waals surface area (Å²) in [6.45, 7) is 4.24. The van der Waals surface area contributed by atoms with E-state index in [0.29, 0.717) is 17.7 Å². The Morgan fingerprint density at radius 1 is 1.19 bits per heavy atom. The van der Waals surface area contributed by atoms with E-state index in [-0.39, 0.29) is 24.3 Å². The van der Waals surface area contributed by atoms with Gasteiger partial charge in [0.1, 0.15) is 6.04 Å². The summed E-state index contributed by atoms with van der Waals surface area (Å²) in [5.74, 6) is -1.91. The molecule has 0 bridgehead atoms. The summed E-state index contributed by atoms with van der Waals surface area (Å²) in [5, 5.41) is 8.82. The van der Waals surface area contributed by atoms with Crippen molar-refractivity contribution in [2.45, 2.75) is 37.9 Å². The average Bonchev–Trinajstić information content (AvgIpc) is 2.84. The molecule has 2 saturated heterocycles. The first-order valence-electron chi connectivity index (χ1n) is 8.69. The monoisotopic (exact) mass is 356 g/mol. The molecule has 1 atom stereocenters. The van der Waals surface area contributed by atoms with E-state index in [1.54, 1.807) is 12.1 Å². The van der Waals surface area contributed by atoms with Gasteiger partial charge in [-0.2, -0.15) is 0 Å². The van der Waals surface area contributed by atoms with Gasteiger partial charge in [-0.3, -0.25) is 29.4 Å². The highest BCUT2D eigenvalue weighted by Gasteiger charge is 2.45. The predicted molar refractivity (Wildman–Crippen MR) is 91.2 cm³/mol. The molecule has 3 N–H and O–H groups in total. The molecule has 0 aromatic heterocycles. The second-order valence-electron chi connectivity index (χ2n) is 7.30. The second kappa shape index (κ2) is 6.00. The summed E-state index contributed by atoms with van der Waals surface area (Å²) in [4.78, 5) is 50.2. The molecule has 3 aliphatic heterocycles. The number of imide groups is 2. The number of nitrogens with one attached hydrogen (secondary N) is 3. The SMILES string of the molecule is CC1(NCc2cccc3c2C(=O)N(C2CCC(=O)NC2=O)C3=O)CNC1. The maximum Gasteiger partial charge on any atom is 0.262 e. The van der Waals surface area contributed by atoms with Crippen LogP contribution in [0.4, 0.5) is 0 Å². The molecule has 2 fully saturated rings. The number of nitrogens with zero attached hydrogens (tertiary/aromatic N) is 1. The van der Waals surface area contributed by atoms with Crippen LogP contribution in [0.15, 0.2) is 18.2 Å². The number of carbonyl (C=O) groups is 4. The van der Waals surface area contributed by atoms with Crippen LogP contribution in [-0.2, 0) is 16.1 Å². The molecule has 8 heteroatoms. The Hall–Kier alpha value is -2.58. The number of carbonyl (C=O) groups excluding carboxylic acids is 4. The first-order valence-corrected chi connectivity index (χ1v) is 8.69. The van der Waals surface area contributed by atoms with E-state index >= 15 is 0 Å². The van der Waals surface area contributed by atoms with Crippen LogP contribution < -0.4 is 16.0 Å². The zero-order chi connectivity index (χ0) is 18.5. The van der Waals surface area contributed by atoms with Crippen LogP contribution in [-0.4, -0.2) is 53.2 Å². The second-order valence-corrected chi connectivity index (χ2v) is 7.30. The smallest absolute Gasteiger partial charge is 0.262 e. The molecular weight excluding hydrogens is 336 g/mol. The third kappa shape index (κ3) is 2.62. The molecule has 3 heterocycles. The lowest BCUT2D eigenvalue weighted by atomic mass is 9.94. The van der Waals surface area contributed by atoms with Gasteiger partial charge in [0.25, 0.3) is 11.8 Å². The Morgan fingerprint density at radius 2 is 1.96 bits per heavy atom. The fourth-order valence-electron chi connectivity index (χ4n) is 3.67. The fourth-order valence-corrected chi connectivity index (χ4v) is 3.67. The normalized spacial score (nSPS) is 24.3. The van der Waals surface area contributed by atoms with Gasteiger partial charge in [-0.1, -0.05) is 12.1 Å². The Kier molecular flexibility index (Phi) is 3.89. The molecule has 1 aromatic rings. The van der Waals surface area contributed by atoms with Crippen molar-refractivity contribution >= 4 is 23.6 Å². The van der Waals surface area contributed by atoms with Crippen LogP contribution >= 0.6 is 0 Å². The minimum atomic E-state index is -0.936. The van der Waals surface area contributed by atoms with Crippen LogP contribution in [0.5, 0.6) is 0 Å². The minimum Gasteiger partial charge on any atom is -0.313 e. The molecule has 1 unspecified atom stereocenters. The van der Waals surface area contributed by atoms with Crippen molar-refractivity contribution in [1.82, 2.24) is 20.9 Å². The first kappa shape index (κ1) is 16.9. The van der Waals surface area contributed by atoms with Gasteiger partial charge in [0, 0.05) is 31.6 Å². The van der Waals surface area contributed by atoms with E-state index in [9.17, 15) is 19.2 Å². The summed E-state index contributed by atoms with van der Waals surface area (Å²) >= 11 is 0. The van der Waals surface area contributed by atoms with Crippen LogP contribution in [0, 0.1) is 0 Å². The van der Waals surface area contributed by atoms with E-state index in [1.165, 1.54) is 0 Å². The molecule has 26 heavy (non-hydrogen) atoms. The van der Waals surface area contributed by atoms with Gasteiger partial charge in [-0.25, -0.2) is 0 Å². The van der Waals surface area contributed by atoms with Crippen molar-refractivity contribution in [3.63, 3.8) is 0 Å². The maximum absolute atomic E-state index is 13.0. The number of hydrogen-bond donors (Lipinski definition) is 3. The molecule has 0 saturated carbocycles. The van der Waals surface area contributed by atoms with E-state index < -0.39 is 23.8 Å². The minimum absolute atomic E-state index is 0.0301. The van der Waals surface area contributed by atoms with E-state index in [0.717, 1.165) is 23.6 Å². The van der Waals surface area contributed by atoms with Crippen molar-refractivity contribution in [3.05, 3.63) is 34.9 Å². The summed E-state index contributed by atoms with van der Waals surface area (Å²) < 4.78 is 0. The molecule has 1 aromatic carbocycles. The Labute approximate surface area is 150 Å². The number of benzene rings is 1.